The molecule has 0 bridgehead atoms. The molecule has 1 aliphatic heterocycles. The topological polar surface area (TPSA) is 95.9 Å². The molecule has 180 valence electrons. The van der Waals surface area contributed by atoms with E-state index in [1.54, 1.807) is 4.90 Å². The first kappa shape index (κ1) is 23.8. The van der Waals surface area contributed by atoms with E-state index in [1.165, 1.54) is 0 Å². The molecule has 4 rings (SSSR count). The Balaban J connectivity index is 1.42. The Bertz CT molecular complexity index is 1020. The van der Waals surface area contributed by atoms with Crippen LogP contribution in [0.4, 0.5) is 4.79 Å². The maximum Gasteiger partial charge on any atom is 0.407 e. The molecule has 1 fully saturated rings. The fourth-order valence-corrected chi connectivity index (χ4v) is 5.45. The van der Waals surface area contributed by atoms with Gasteiger partial charge in [-0.15, -0.1) is 0 Å². The summed E-state index contributed by atoms with van der Waals surface area (Å²) < 4.78 is 5.63. The monoisotopic (exact) mass is 464 g/mol. The van der Waals surface area contributed by atoms with Gasteiger partial charge in [-0.3, -0.25) is 9.59 Å². The number of carboxylic acid groups (broad SMARTS) is 1. The molecule has 2 aromatic rings. The zero-order valence-corrected chi connectivity index (χ0v) is 19.7. The predicted octanol–water partition coefficient (Wildman–Crippen LogP) is 4.41. The highest BCUT2D eigenvalue weighted by Crippen LogP contribution is 2.44. The van der Waals surface area contributed by atoms with Crippen LogP contribution in [0.25, 0.3) is 11.1 Å². The van der Waals surface area contributed by atoms with E-state index in [0.717, 1.165) is 22.3 Å². The summed E-state index contributed by atoms with van der Waals surface area (Å²) in [6.07, 6.45) is 1.53. The summed E-state index contributed by atoms with van der Waals surface area (Å²) in [5, 5.41) is 12.2. The van der Waals surface area contributed by atoms with Gasteiger partial charge in [-0.05, 0) is 41.5 Å². The standard InChI is InChI=1S/C27H32N2O5/c1-3-9-23(25(30)29-15-14-21(26(31)32)24(29)4-2)28-27(33)34-16-22-19-12-7-5-10-17(19)18-11-6-8-13-20(18)22/h5-8,10-13,21-24H,3-4,9,14-16H2,1-2H3,(H,28,33)(H,31,32)/t21?,23-,24?/m1/s1. The number of ether oxygens (including phenoxy) is 1. The number of carbonyl (C=O) groups is 3. The number of alkyl carbamates (subject to hydrolysis) is 1. The first-order chi connectivity index (χ1) is 16.5. The number of benzene rings is 2. The van der Waals surface area contributed by atoms with Crippen molar-refractivity contribution >= 4 is 18.0 Å². The Morgan fingerprint density at radius 1 is 1.06 bits per heavy atom. The second-order valence-corrected chi connectivity index (χ2v) is 9.05. The van der Waals surface area contributed by atoms with Crippen molar-refractivity contribution < 1.29 is 24.2 Å². The summed E-state index contributed by atoms with van der Waals surface area (Å²) in [5.74, 6) is -1.73. The fourth-order valence-electron chi connectivity index (χ4n) is 5.45. The van der Waals surface area contributed by atoms with Gasteiger partial charge >= 0.3 is 12.1 Å². The number of nitrogens with zero attached hydrogens (tertiary/aromatic N) is 1. The number of hydrogen-bond donors (Lipinski definition) is 2. The number of nitrogens with one attached hydrogen (secondary N) is 1. The van der Waals surface area contributed by atoms with E-state index in [4.69, 9.17) is 4.74 Å². The van der Waals surface area contributed by atoms with Gasteiger partial charge in [0.15, 0.2) is 0 Å². The fraction of sp³-hybridized carbons (Fsp3) is 0.444. The Morgan fingerprint density at radius 2 is 1.68 bits per heavy atom. The third kappa shape index (κ3) is 4.52. The number of amides is 2. The molecular weight excluding hydrogens is 432 g/mol. The molecule has 3 atom stereocenters. The van der Waals surface area contributed by atoms with Gasteiger partial charge in [0.2, 0.25) is 5.91 Å². The zero-order chi connectivity index (χ0) is 24.2. The van der Waals surface area contributed by atoms with Crippen molar-refractivity contribution in [2.75, 3.05) is 13.2 Å². The van der Waals surface area contributed by atoms with Gasteiger partial charge in [0, 0.05) is 18.5 Å². The lowest BCUT2D eigenvalue weighted by Gasteiger charge is -2.30. The number of hydrogen-bond acceptors (Lipinski definition) is 4. The van der Waals surface area contributed by atoms with Crippen LogP contribution in [0.1, 0.15) is 56.6 Å². The second-order valence-electron chi connectivity index (χ2n) is 9.05. The van der Waals surface area contributed by atoms with Crippen LogP contribution in [0, 0.1) is 5.92 Å². The molecule has 1 saturated heterocycles. The van der Waals surface area contributed by atoms with Gasteiger partial charge < -0.3 is 20.1 Å². The van der Waals surface area contributed by atoms with Crippen molar-refractivity contribution in [3.8, 4) is 11.1 Å². The zero-order valence-electron chi connectivity index (χ0n) is 19.7. The SMILES string of the molecule is CCC[C@@H](NC(=O)OCC1c2ccccc2-c2ccccc21)C(=O)N1CCC(C(=O)O)C1CC. The molecule has 2 N–H and O–H groups in total. The number of rotatable bonds is 8. The van der Waals surface area contributed by atoms with Crippen LogP contribution in [0.15, 0.2) is 48.5 Å². The number of carbonyl (C=O) groups excluding carboxylic acids is 2. The van der Waals surface area contributed by atoms with Crippen LogP contribution in [0.2, 0.25) is 0 Å². The van der Waals surface area contributed by atoms with E-state index < -0.39 is 24.0 Å². The number of aliphatic carboxylic acids is 1. The lowest BCUT2D eigenvalue weighted by atomic mass is 9.98. The third-order valence-electron chi connectivity index (χ3n) is 7.08. The average Bonchev–Trinajstić information content (AvgIpc) is 3.41. The number of carboxylic acids is 1. The third-order valence-corrected chi connectivity index (χ3v) is 7.08. The molecule has 0 spiro atoms. The maximum atomic E-state index is 13.3. The second kappa shape index (κ2) is 10.3. The van der Waals surface area contributed by atoms with Crippen LogP contribution in [-0.4, -0.2) is 53.2 Å². The molecule has 7 heteroatoms. The number of likely N-dealkylation sites (tertiary alicyclic amines) is 1. The first-order valence-corrected chi connectivity index (χ1v) is 12.1. The Labute approximate surface area is 200 Å². The minimum atomic E-state index is -0.876. The van der Waals surface area contributed by atoms with Crippen LogP contribution >= 0.6 is 0 Å². The maximum absolute atomic E-state index is 13.3. The van der Waals surface area contributed by atoms with Gasteiger partial charge in [0.1, 0.15) is 12.6 Å². The summed E-state index contributed by atoms with van der Waals surface area (Å²) in [4.78, 5) is 39.2. The molecule has 7 nitrogen and oxygen atoms in total. The smallest absolute Gasteiger partial charge is 0.407 e. The van der Waals surface area contributed by atoms with E-state index in [-0.39, 0.29) is 24.5 Å². The summed E-state index contributed by atoms with van der Waals surface area (Å²) >= 11 is 0. The lowest BCUT2D eigenvalue weighted by molar-refractivity contribution is -0.143. The van der Waals surface area contributed by atoms with E-state index in [0.29, 0.717) is 32.2 Å². The van der Waals surface area contributed by atoms with E-state index in [9.17, 15) is 19.5 Å². The highest BCUT2D eigenvalue weighted by molar-refractivity contribution is 5.87. The van der Waals surface area contributed by atoms with Crippen LogP contribution in [-0.2, 0) is 14.3 Å². The van der Waals surface area contributed by atoms with Crippen LogP contribution in [0.3, 0.4) is 0 Å². The molecule has 1 aliphatic carbocycles. The summed E-state index contributed by atoms with van der Waals surface area (Å²) in [5.41, 5.74) is 4.55. The molecule has 0 saturated carbocycles. The lowest BCUT2D eigenvalue weighted by Crippen LogP contribution is -2.51. The molecular formula is C27H32N2O5. The van der Waals surface area contributed by atoms with Gasteiger partial charge in [-0.2, -0.15) is 0 Å². The molecule has 2 amide bonds. The van der Waals surface area contributed by atoms with Gasteiger partial charge in [0.25, 0.3) is 0 Å². The van der Waals surface area contributed by atoms with Gasteiger partial charge in [-0.1, -0.05) is 68.8 Å². The van der Waals surface area contributed by atoms with Crippen molar-refractivity contribution in [1.29, 1.82) is 0 Å². The van der Waals surface area contributed by atoms with Crippen LogP contribution < -0.4 is 5.32 Å². The van der Waals surface area contributed by atoms with Crippen molar-refractivity contribution in [1.82, 2.24) is 10.2 Å². The van der Waals surface area contributed by atoms with E-state index >= 15 is 0 Å². The molecule has 2 unspecified atom stereocenters. The summed E-state index contributed by atoms with van der Waals surface area (Å²) in [6, 6.07) is 15.2. The van der Waals surface area contributed by atoms with Crippen molar-refractivity contribution in [2.45, 2.75) is 57.5 Å². The highest BCUT2D eigenvalue weighted by atomic mass is 16.5. The van der Waals surface area contributed by atoms with Crippen molar-refractivity contribution in [3.63, 3.8) is 0 Å². The number of fused-ring (bicyclic) bond motifs is 3. The van der Waals surface area contributed by atoms with Crippen molar-refractivity contribution in [2.24, 2.45) is 5.92 Å². The molecule has 0 radical (unpaired) electrons. The minimum Gasteiger partial charge on any atom is -0.481 e. The molecule has 2 aromatic carbocycles. The quantitative estimate of drug-likeness (QED) is 0.604. The largest absolute Gasteiger partial charge is 0.481 e. The molecule has 1 heterocycles. The summed E-state index contributed by atoms with van der Waals surface area (Å²) in [7, 11) is 0. The molecule has 2 aliphatic rings. The Kier molecular flexibility index (Phi) is 7.20. The normalized spacial score (nSPS) is 19.9. The Morgan fingerprint density at radius 3 is 2.24 bits per heavy atom. The molecule has 0 aromatic heterocycles. The Hall–Kier alpha value is -3.35. The highest BCUT2D eigenvalue weighted by Gasteiger charge is 2.42. The van der Waals surface area contributed by atoms with Crippen molar-refractivity contribution in [3.05, 3.63) is 59.7 Å². The van der Waals surface area contributed by atoms with E-state index in [1.807, 2.05) is 38.1 Å². The average molecular weight is 465 g/mol. The predicted molar refractivity (Wildman–Crippen MR) is 128 cm³/mol. The van der Waals surface area contributed by atoms with Crippen LogP contribution in [0.5, 0.6) is 0 Å². The minimum absolute atomic E-state index is 0.0575. The van der Waals surface area contributed by atoms with Gasteiger partial charge in [-0.25, -0.2) is 4.79 Å². The first-order valence-electron chi connectivity index (χ1n) is 12.1. The molecule has 34 heavy (non-hydrogen) atoms. The van der Waals surface area contributed by atoms with E-state index in [2.05, 4.69) is 29.6 Å². The van der Waals surface area contributed by atoms with Gasteiger partial charge in [0.05, 0.1) is 5.92 Å². The summed E-state index contributed by atoms with van der Waals surface area (Å²) in [6.45, 7) is 4.40.